The Bertz CT molecular complexity index is 374. The number of rotatable bonds is 5. The minimum atomic E-state index is 0.464. The summed E-state index contributed by atoms with van der Waals surface area (Å²) in [6, 6.07) is 6.81. The van der Waals surface area contributed by atoms with E-state index in [0.717, 1.165) is 31.0 Å². The third kappa shape index (κ3) is 3.44. The molecule has 0 heterocycles. The van der Waals surface area contributed by atoms with Gasteiger partial charge in [0.05, 0.1) is 6.10 Å². The smallest absolute Gasteiger partial charge is 0.0604 e. The molecule has 1 aliphatic rings. The summed E-state index contributed by atoms with van der Waals surface area (Å²) in [5.41, 5.74) is 2.39. The first-order chi connectivity index (χ1) is 8.19. The summed E-state index contributed by atoms with van der Waals surface area (Å²) in [6.07, 6.45) is 2.71. The summed E-state index contributed by atoms with van der Waals surface area (Å²) in [5, 5.41) is 4.38. The van der Waals surface area contributed by atoms with Crippen molar-refractivity contribution in [3.63, 3.8) is 0 Å². The van der Waals surface area contributed by atoms with Crippen molar-refractivity contribution in [1.29, 1.82) is 0 Å². The van der Waals surface area contributed by atoms with Crippen molar-refractivity contribution in [3.8, 4) is 0 Å². The van der Waals surface area contributed by atoms with E-state index in [-0.39, 0.29) is 0 Å². The molecule has 94 valence electrons. The van der Waals surface area contributed by atoms with Gasteiger partial charge in [0.25, 0.3) is 0 Å². The zero-order chi connectivity index (χ0) is 12.3. The topological polar surface area (TPSA) is 21.3 Å². The van der Waals surface area contributed by atoms with E-state index in [1.165, 1.54) is 11.1 Å². The zero-order valence-corrected chi connectivity index (χ0v) is 11.3. The van der Waals surface area contributed by atoms with Crippen molar-refractivity contribution in [2.75, 3.05) is 6.61 Å². The summed E-state index contributed by atoms with van der Waals surface area (Å²) in [4.78, 5) is 0. The lowest BCUT2D eigenvalue weighted by molar-refractivity contribution is -0.0102. The molecule has 0 aromatic heterocycles. The Hall–Kier alpha value is -0.570. The van der Waals surface area contributed by atoms with Crippen LogP contribution >= 0.6 is 11.6 Å². The molecule has 1 aromatic rings. The van der Waals surface area contributed by atoms with Crippen molar-refractivity contribution in [1.82, 2.24) is 5.32 Å². The lowest BCUT2D eigenvalue weighted by atomic mass is 9.89. The van der Waals surface area contributed by atoms with Gasteiger partial charge in [0.15, 0.2) is 0 Å². The first kappa shape index (κ1) is 12.9. The molecule has 3 heteroatoms. The fourth-order valence-corrected chi connectivity index (χ4v) is 2.46. The molecular formula is C14H20ClNO. The Labute approximate surface area is 108 Å². The lowest BCUT2D eigenvalue weighted by Crippen LogP contribution is -2.45. The van der Waals surface area contributed by atoms with E-state index in [2.05, 4.69) is 24.4 Å². The van der Waals surface area contributed by atoms with Crippen LogP contribution in [0.1, 0.15) is 30.9 Å². The Morgan fingerprint density at radius 3 is 2.82 bits per heavy atom. The van der Waals surface area contributed by atoms with Gasteiger partial charge in [0.2, 0.25) is 0 Å². The van der Waals surface area contributed by atoms with Crippen LogP contribution in [0.5, 0.6) is 0 Å². The first-order valence-corrected chi connectivity index (χ1v) is 6.67. The largest absolute Gasteiger partial charge is 0.378 e. The second kappa shape index (κ2) is 5.85. The molecule has 1 saturated carbocycles. The molecule has 0 spiro atoms. The van der Waals surface area contributed by atoms with Crippen molar-refractivity contribution >= 4 is 11.6 Å². The molecular weight excluding hydrogens is 234 g/mol. The predicted octanol–water partition coefficient (Wildman–Crippen LogP) is 3.31. The van der Waals surface area contributed by atoms with Crippen molar-refractivity contribution < 1.29 is 4.74 Å². The van der Waals surface area contributed by atoms with Crippen LogP contribution < -0.4 is 5.32 Å². The van der Waals surface area contributed by atoms with Crippen LogP contribution in [0.3, 0.4) is 0 Å². The third-order valence-corrected chi connectivity index (χ3v) is 3.64. The van der Waals surface area contributed by atoms with Crippen LogP contribution in [-0.2, 0) is 11.3 Å². The highest BCUT2D eigenvalue weighted by molar-refractivity contribution is 6.31. The van der Waals surface area contributed by atoms with E-state index < -0.39 is 0 Å². The molecule has 2 nitrogen and oxygen atoms in total. The average Bonchev–Trinajstić information content (AvgIpc) is 2.23. The molecule has 0 atom stereocenters. The van der Waals surface area contributed by atoms with E-state index in [9.17, 15) is 0 Å². The van der Waals surface area contributed by atoms with Gasteiger partial charge >= 0.3 is 0 Å². The number of halogens is 1. The highest BCUT2D eigenvalue weighted by Gasteiger charge is 2.28. The van der Waals surface area contributed by atoms with E-state index in [0.29, 0.717) is 12.1 Å². The Kier molecular flexibility index (Phi) is 4.43. The van der Waals surface area contributed by atoms with Crippen molar-refractivity contribution in [2.24, 2.45) is 0 Å². The normalized spacial score (nSPS) is 23.5. The minimum absolute atomic E-state index is 0.464. The molecule has 1 N–H and O–H groups in total. The molecule has 0 amide bonds. The maximum atomic E-state index is 6.19. The Morgan fingerprint density at radius 2 is 2.18 bits per heavy atom. The first-order valence-electron chi connectivity index (χ1n) is 6.29. The summed E-state index contributed by atoms with van der Waals surface area (Å²) < 4.78 is 5.53. The number of nitrogens with one attached hydrogen (secondary N) is 1. The summed E-state index contributed by atoms with van der Waals surface area (Å²) in [7, 11) is 0. The lowest BCUT2D eigenvalue weighted by Gasteiger charge is -2.35. The molecule has 0 bridgehead atoms. The number of aryl methyl sites for hydroxylation is 1. The van der Waals surface area contributed by atoms with Gasteiger partial charge in [-0.15, -0.1) is 0 Å². The van der Waals surface area contributed by atoms with E-state index >= 15 is 0 Å². The van der Waals surface area contributed by atoms with Crippen LogP contribution in [0.15, 0.2) is 18.2 Å². The van der Waals surface area contributed by atoms with Crippen LogP contribution in [0.4, 0.5) is 0 Å². The highest BCUT2D eigenvalue weighted by atomic mass is 35.5. The third-order valence-electron chi connectivity index (χ3n) is 3.29. The maximum Gasteiger partial charge on any atom is 0.0604 e. The van der Waals surface area contributed by atoms with Gasteiger partial charge in [-0.3, -0.25) is 0 Å². The van der Waals surface area contributed by atoms with Crippen LogP contribution in [-0.4, -0.2) is 18.8 Å². The van der Waals surface area contributed by atoms with Crippen LogP contribution in [0, 0.1) is 6.92 Å². The molecule has 0 unspecified atom stereocenters. The standard InChI is InChI=1S/C14H20ClNO/c1-3-17-13-7-12(8-13)16-9-11-5-4-10(2)6-14(11)15/h4-6,12-13,16H,3,7-9H2,1-2H3. The van der Waals surface area contributed by atoms with E-state index in [1.54, 1.807) is 0 Å². The molecule has 2 rings (SSSR count). The highest BCUT2D eigenvalue weighted by Crippen LogP contribution is 2.24. The van der Waals surface area contributed by atoms with Gasteiger partial charge in [-0.1, -0.05) is 23.7 Å². The second-order valence-corrected chi connectivity index (χ2v) is 5.13. The Morgan fingerprint density at radius 1 is 1.41 bits per heavy atom. The average molecular weight is 254 g/mol. The van der Waals surface area contributed by atoms with E-state index in [4.69, 9.17) is 16.3 Å². The second-order valence-electron chi connectivity index (χ2n) is 4.72. The van der Waals surface area contributed by atoms with Gasteiger partial charge < -0.3 is 10.1 Å². The van der Waals surface area contributed by atoms with Crippen LogP contribution in [0.2, 0.25) is 5.02 Å². The number of hydrogen-bond donors (Lipinski definition) is 1. The molecule has 0 saturated heterocycles. The van der Waals surface area contributed by atoms with Gasteiger partial charge in [0, 0.05) is 24.2 Å². The summed E-state index contributed by atoms with van der Waals surface area (Å²) in [5.74, 6) is 0. The van der Waals surface area contributed by atoms with Gasteiger partial charge in [-0.05, 0) is 43.9 Å². The quantitative estimate of drug-likeness (QED) is 0.869. The fourth-order valence-electron chi connectivity index (χ4n) is 2.15. The molecule has 17 heavy (non-hydrogen) atoms. The molecule has 0 aliphatic heterocycles. The summed E-state index contributed by atoms with van der Waals surface area (Å²) >= 11 is 6.19. The van der Waals surface area contributed by atoms with Crippen molar-refractivity contribution in [3.05, 3.63) is 34.3 Å². The number of ether oxygens (including phenoxy) is 1. The number of benzene rings is 1. The molecule has 1 aromatic carbocycles. The monoisotopic (exact) mass is 253 g/mol. The molecule has 0 radical (unpaired) electrons. The maximum absolute atomic E-state index is 6.19. The van der Waals surface area contributed by atoms with Gasteiger partial charge in [-0.25, -0.2) is 0 Å². The Balaban J connectivity index is 1.76. The molecule has 1 fully saturated rings. The zero-order valence-electron chi connectivity index (χ0n) is 10.5. The predicted molar refractivity (Wildman–Crippen MR) is 71.5 cm³/mol. The van der Waals surface area contributed by atoms with Gasteiger partial charge in [0.1, 0.15) is 0 Å². The molecule has 1 aliphatic carbocycles. The van der Waals surface area contributed by atoms with Gasteiger partial charge in [-0.2, -0.15) is 0 Å². The van der Waals surface area contributed by atoms with E-state index in [1.807, 2.05) is 13.0 Å². The minimum Gasteiger partial charge on any atom is -0.378 e. The number of hydrogen-bond acceptors (Lipinski definition) is 2. The SMILES string of the molecule is CCOC1CC(NCc2ccc(C)cc2Cl)C1. The fraction of sp³-hybridized carbons (Fsp3) is 0.571. The van der Waals surface area contributed by atoms with Crippen LogP contribution in [0.25, 0.3) is 0 Å². The summed E-state index contributed by atoms with van der Waals surface area (Å²) in [6.45, 7) is 5.78. The van der Waals surface area contributed by atoms with Crippen molar-refractivity contribution in [2.45, 2.75) is 45.4 Å².